The Balaban J connectivity index is 2.01. The van der Waals surface area contributed by atoms with E-state index in [1.807, 2.05) is 50.2 Å². The number of nitrogens with one attached hydrogen (secondary N) is 2. The fraction of sp³-hybridized carbons (Fsp3) is 0.176. The van der Waals surface area contributed by atoms with E-state index in [2.05, 4.69) is 26.6 Å². The molecule has 0 aliphatic carbocycles. The summed E-state index contributed by atoms with van der Waals surface area (Å²) in [4.78, 5) is 25.9. The molecule has 2 aromatic carbocycles. The highest BCUT2D eigenvalue weighted by molar-refractivity contribution is 9.10. The molecule has 2 rings (SSSR count). The zero-order valence-electron chi connectivity index (χ0n) is 13.2. The Morgan fingerprint density at radius 2 is 1.57 bits per heavy atom. The van der Waals surface area contributed by atoms with Crippen LogP contribution >= 0.6 is 15.9 Å². The fourth-order valence-electron chi connectivity index (χ4n) is 1.93. The van der Waals surface area contributed by atoms with Crippen LogP contribution in [0.1, 0.15) is 5.56 Å². The van der Waals surface area contributed by atoms with Gasteiger partial charge in [-0.1, -0.05) is 6.07 Å². The first kappa shape index (κ1) is 17.0. The van der Waals surface area contributed by atoms with E-state index in [4.69, 9.17) is 0 Å². The molecule has 0 radical (unpaired) electrons. The molecule has 0 aromatic heterocycles. The summed E-state index contributed by atoms with van der Waals surface area (Å²) in [5.41, 5.74) is 3.19. The van der Waals surface area contributed by atoms with E-state index in [-0.39, 0.29) is 0 Å². The van der Waals surface area contributed by atoms with Gasteiger partial charge in [-0.05, 0) is 64.8 Å². The second-order valence-corrected chi connectivity index (χ2v) is 6.19. The maximum atomic E-state index is 12.0. The number of anilines is 3. The van der Waals surface area contributed by atoms with Crippen LogP contribution in [0.4, 0.5) is 17.1 Å². The van der Waals surface area contributed by atoms with E-state index in [9.17, 15) is 9.59 Å². The summed E-state index contributed by atoms with van der Waals surface area (Å²) in [6, 6.07) is 12.7. The number of amides is 2. The van der Waals surface area contributed by atoms with Crippen molar-refractivity contribution in [2.24, 2.45) is 0 Å². The summed E-state index contributed by atoms with van der Waals surface area (Å²) in [6.45, 7) is 1.94. The SMILES string of the molecule is Cc1ccc(NC(=O)C(=O)Nc2ccc(N(C)C)cc2)c(Br)c1. The Hall–Kier alpha value is -2.34. The van der Waals surface area contributed by atoms with Crippen molar-refractivity contribution < 1.29 is 9.59 Å². The van der Waals surface area contributed by atoms with E-state index in [0.29, 0.717) is 11.4 Å². The Bertz CT molecular complexity index is 727. The van der Waals surface area contributed by atoms with Crippen molar-refractivity contribution in [3.05, 3.63) is 52.5 Å². The molecule has 2 N–H and O–H groups in total. The summed E-state index contributed by atoms with van der Waals surface area (Å²) in [7, 11) is 3.86. The van der Waals surface area contributed by atoms with Gasteiger partial charge in [0, 0.05) is 29.9 Å². The normalized spacial score (nSPS) is 10.1. The largest absolute Gasteiger partial charge is 0.378 e. The number of hydrogen-bond donors (Lipinski definition) is 2. The molecule has 2 amide bonds. The van der Waals surface area contributed by atoms with Crippen LogP contribution in [-0.4, -0.2) is 25.9 Å². The van der Waals surface area contributed by atoms with Crippen LogP contribution in [0.25, 0.3) is 0 Å². The standard InChI is InChI=1S/C17H18BrN3O2/c1-11-4-9-15(14(18)10-11)20-17(23)16(22)19-12-5-7-13(8-6-12)21(2)3/h4-10H,1-3H3,(H,19,22)(H,20,23). The van der Waals surface area contributed by atoms with Crippen molar-refractivity contribution in [1.29, 1.82) is 0 Å². The minimum absolute atomic E-state index is 0.554. The third-order valence-electron chi connectivity index (χ3n) is 3.22. The third-order valence-corrected chi connectivity index (χ3v) is 3.88. The predicted octanol–water partition coefficient (Wildman–Crippen LogP) is 3.40. The van der Waals surface area contributed by atoms with E-state index in [1.54, 1.807) is 18.2 Å². The number of hydrogen-bond acceptors (Lipinski definition) is 3. The quantitative estimate of drug-likeness (QED) is 0.808. The molecular formula is C17H18BrN3O2. The van der Waals surface area contributed by atoms with E-state index >= 15 is 0 Å². The van der Waals surface area contributed by atoms with Crippen molar-refractivity contribution in [2.45, 2.75) is 6.92 Å². The Morgan fingerprint density at radius 1 is 0.957 bits per heavy atom. The van der Waals surface area contributed by atoms with Crippen molar-refractivity contribution in [3.8, 4) is 0 Å². The number of nitrogens with zero attached hydrogens (tertiary/aromatic N) is 1. The molecule has 6 heteroatoms. The average Bonchev–Trinajstić information content (AvgIpc) is 2.50. The van der Waals surface area contributed by atoms with Crippen LogP contribution < -0.4 is 15.5 Å². The zero-order valence-corrected chi connectivity index (χ0v) is 14.8. The molecule has 0 fully saturated rings. The molecule has 5 nitrogen and oxygen atoms in total. The maximum Gasteiger partial charge on any atom is 0.314 e. The molecule has 2 aromatic rings. The Labute approximate surface area is 143 Å². The number of carbonyl (C=O) groups is 2. The Morgan fingerprint density at radius 3 is 2.13 bits per heavy atom. The fourth-order valence-corrected chi connectivity index (χ4v) is 2.52. The molecule has 0 saturated carbocycles. The first-order chi connectivity index (χ1) is 10.9. The average molecular weight is 376 g/mol. The van der Waals surface area contributed by atoms with Gasteiger partial charge in [0.05, 0.1) is 5.69 Å². The molecule has 0 aliphatic heterocycles. The number of aryl methyl sites for hydroxylation is 1. The van der Waals surface area contributed by atoms with Crippen molar-refractivity contribution >= 4 is 44.8 Å². The summed E-state index contributed by atoms with van der Waals surface area (Å²) in [5.74, 6) is -1.43. The van der Waals surface area contributed by atoms with Crippen LogP contribution in [0, 0.1) is 6.92 Å². The summed E-state index contributed by atoms with van der Waals surface area (Å²) in [5, 5.41) is 5.16. The molecule has 0 unspecified atom stereocenters. The highest BCUT2D eigenvalue weighted by Gasteiger charge is 2.15. The molecule has 0 heterocycles. The molecule has 0 saturated heterocycles. The zero-order chi connectivity index (χ0) is 17.0. The van der Waals surface area contributed by atoms with Gasteiger partial charge in [-0.15, -0.1) is 0 Å². The third kappa shape index (κ3) is 4.56. The summed E-state index contributed by atoms with van der Waals surface area (Å²) in [6.07, 6.45) is 0. The molecule has 0 spiro atoms. The highest BCUT2D eigenvalue weighted by atomic mass is 79.9. The van der Waals surface area contributed by atoms with Gasteiger partial charge in [0.2, 0.25) is 0 Å². The summed E-state index contributed by atoms with van der Waals surface area (Å²) >= 11 is 3.36. The lowest BCUT2D eigenvalue weighted by Crippen LogP contribution is -2.29. The maximum absolute atomic E-state index is 12.0. The lowest BCUT2D eigenvalue weighted by Gasteiger charge is -2.13. The van der Waals surface area contributed by atoms with Crippen LogP contribution in [0.3, 0.4) is 0 Å². The smallest absolute Gasteiger partial charge is 0.314 e. The Kier molecular flexibility index (Phi) is 5.39. The van der Waals surface area contributed by atoms with Crippen LogP contribution in [-0.2, 0) is 9.59 Å². The van der Waals surface area contributed by atoms with Crippen LogP contribution in [0.2, 0.25) is 0 Å². The molecule has 23 heavy (non-hydrogen) atoms. The molecule has 0 aliphatic rings. The molecule has 0 atom stereocenters. The van der Waals surface area contributed by atoms with Gasteiger partial charge in [-0.25, -0.2) is 0 Å². The van der Waals surface area contributed by atoms with Gasteiger partial charge in [-0.3, -0.25) is 9.59 Å². The lowest BCUT2D eigenvalue weighted by molar-refractivity contribution is -0.133. The van der Waals surface area contributed by atoms with E-state index < -0.39 is 11.8 Å². The van der Waals surface area contributed by atoms with Gasteiger partial charge in [0.1, 0.15) is 0 Å². The van der Waals surface area contributed by atoms with E-state index in [1.165, 1.54) is 0 Å². The van der Waals surface area contributed by atoms with Gasteiger partial charge in [-0.2, -0.15) is 0 Å². The molecule has 120 valence electrons. The number of halogens is 1. The molecule has 0 bridgehead atoms. The molecular weight excluding hydrogens is 358 g/mol. The van der Waals surface area contributed by atoms with Gasteiger partial charge in [0.15, 0.2) is 0 Å². The second-order valence-electron chi connectivity index (χ2n) is 5.33. The van der Waals surface area contributed by atoms with Crippen molar-refractivity contribution in [1.82, 2.24) is 0 Å². The second kappa shape index (κ2) is 7.28. The monoisotopic (exact) mass is 375 g/mol. The van der Waals surface area contributed by atoms with Crippen molar-refractivity contribution in [2.75, 3.05) is 29.6 Å². The van der Waals surface area contributed by atoms with Crippen molar-refractivity contribution in [3.63, 3.8) is 0 Å². The van der Waals surface area contributed by atoms with Gasteiger partial charge < -0.3 is 15.5 Å². The minimum Gasteiger partial charge on any atom is -0.378 e. The minimum atomic E-state index is -0.716. The van der Waals surface area contributed by atoms with Crippen LogP contribution in [0.15, 0.2) is 46.9 Å². The predicted molar refractivity (Wildman–Crippen MR) is 96.9 cm³/mol. The lowest BCUT2D eigenvalue weighted by atomic mass is 10.2. The number of benzene rings is 2. The topological polar surface area (TPSA) is 61.4 Å². The first-order valence-corrected chi connectivity index (χ1v) is 7.82. The van der Waals surface area contributed by atoms with Crippen LogP contribution in [0.5, 0.6) is 0 Å². The highest BCUT2D eigenvalue weighted by Crippen LogP contribution is 2.23. The first-order valence-electron chi connectivity index (χ1n) is 7.02. The van der Waals surface area contributed by atoms with E-state index in [0.717, 1.165) is 15.7 Å². The number of carbonyl (C=O) groups excluding carboxylic acids is 2. The van der Waals surface area contributed by atoms with Gasteiger partial charge in [0.25, 0.3) is 0 Å². The number of rotatable bonds is 3. The van der Waals surface area contributed by atoms with Gasteiger partial charge >= 0.3 is 11.8 Å². The summed E-state index contributed by atoms with van der Waals surface area (Å²) < 4.78 is 0.731.